The molecule has 1 aliphatic heterocycles. The first kappa shape index (κ1) is 16.8. The lowest BCUT2D eigenvalue weighted by Gasteiger charge is -2.31. The molecule has 10 heteroatoms. The van der Waals surface area contributed by atoms with Crippen LogP contribution in [0.15, 0.2) is 18.6 Å². The maximum absolute atomic E-state index is 11.0. The van der Waals surface area contributed by atoms with E-state index in [9.17, 15) is 8.42 Å². The van der Waals surface area contributed by atoms with Crippen molar-refractivity contribution in [2.45, 2.75) is 32.4 Å². The Morgan fingerprint density at radius 1 is 1.21 bits per heavy atom. The first-order valence-electron chi connectivity index (χ1n) is 7.69. The van der Waals surface area contributed by atoms with Crippen LogP contribution in [0.2, 0.25) is 0 Å². The summed E-state index contributed by atoms with van der Waals surface area (Å²) in [6.07, 6.45) is 7.94. The largest absolute Gasteiger partial charge is 0.341 e. The molecule has 0 unspecified atom stereocenters. The first-order valence-corrected chi connectivity index (χ1v) is 9.51. The van der Waals surface area contributed by atoms with E-state index < -0.39 is 10.1 Å². The van der Waals surface area contributed by atoms with Gasteiger partial charge in [-0.1, -0.05) is 0 Å². The number of anilines is 1. The average molecular weight is 352 g/mol. The smallest absolute Gasteiger partial charge is 0.264 e. The molecule has 1 aliphatic rings. The van der Waals surface area contributed by atoms with Gasteiger partial charge in [-0.15, -0.1) is 0 Å². The number of hydrogen-bond acceptors (Lipinski definition) is 8. The Labute approximate surface area is 140 Å². The number of rotatable bonds is 5. The molecule has 0 aliphatic carbocycles. The number of aromatic nitrogens is 5. The molecule has 2 aromatic heterocycles. The maximum Gasteiger partial charge on any atom is 0.264 e. The third-order valence-electron chi connectivity index (χ3n) is 3.82. The minimum atomic E-state index is -3.48. The highest BCUT2D eigenvalue weighted by atomic mass is 32.2. The monoisotopic (exact) mass is 352 g/mol. The maximum atomic E-state index is 11.0. The molecule has 9 nitrogen and oxygen atoms in total. The van der Waals surface area contributed by atoms with Gasteiger partial charge in [0, 0.05) is 25.5 Å². The van der Waals surface area contributed by atoms with Crippen LogP contribution in [0.1, 0.15) is 30.1 Å². The van der Waals surface area contributed by atoms with Crippen molar-refractivity contribution >= 4 is 16.1 Å². The van der Waals surface area contributed by atoms with E-state index in [1.807, 2.05) is 19.3 Å². The summed E-state index contributed by atoms with van der Waals surface area (Å²) in [4.78, 5) is 12.5. The van der Waals surface area contributed by atoms with E-state index in [4.69, 9.17) is 4.18 Å². The van der Waals surface area contributed by atoms with Crippen LogP contribution in [-0.2, 0) is 20.9 Å². The Kier molecular flexibility index (Phi) is 4.76. The summed E-state index contributed by atoms with van der Waals surface area (Å²) in [5, 5.41) is 8.54. The van der Waals surface area contributed by atoms with Crippen LogP contribution in [0.25, 0.3) is 0 Å². The molecule has 0 atom stereocenters. The Morgan fingerprint density at radius 2 is 1.88 bits per heavy atom. The van der Waals surface area contributed by atoms with Gasteiger partial charge in [0.25, 0.3) is 10.1 Å². The Hall–Kier alpha value is -2.07. The van der Waals surface area contributed by atoms with Gasteiger partial charge in [-0.3, -0.25) is 4.18 Å². The second-order valence-electron chi connectivity index (χ2n) is 5.90. The highest BCUT2D eigenvalue weighted by Crippen LogP contribution is 2.23. The molecule has 1 saturated heterocycles. The molecule has 24 heavy (non-hydrogen) atoms. The minimum absolute atomic E-state index is 0.0884. The second kappa shape index (κ2) is 6.81. The van der Waals surface area contributed by atoms with Crippen LogP contribution >= 0.6 is 0 Å². The normalized spacial score (nSPS) is 16.5. The van der Waals surface area contributed by atoms with Crippen molar-refractivity contribution in [2.24, 2.45) is 0 Å². The van der Waals surface area contributed by atoms with Crippen LogP contribution < -0.4 is 4.90 Å². The van der Waals surface area contributed by atoms with Gasteiger partial charge in [0.1, 0.15) is 12.3 Å². The van der Waals surface area contributed by atoms with Crippen molar-refractivity contribution in [1.29, 1.82) is 0 Å². The average Bonchev–Trinajstić information content (AvgIpc) is 3.02. The molecule has 0 aromatic carbocycles. The van der Waals surface area contributed by atoms with Crippen molar-refractivity contribution in [3.8, 4) is 0 Å². The molecule has 0 bridgehead atoms. The third kappa shape index (κ3) is 4.26. The van der Waals surface area contributed by atoms with E-state index in [-0.39, 0.29) is 12.6 Å². The SMILES string of the molecule is Cc1cnc(N2CCC(n3ncc(COS(C)(=O)=O)n3)CC2)nc1. The fourth-order valence-corrected chi connectivity index (χ4v) is 2.90. The molecule has 3 heterocycles. The summed E-state index contributed by atoms with van der Waals surface area (Å²) in [6.45, 7) is 3.52. The van der Waals surface area contributed by atoms with Crippen molar-refractivity contribution in [1.82, 2.24) is 25.0 Å². The zero-order valence-corrected chi connectivity index (χ0v) is 14.5. The molecule has 0 amide bonds. The van der Waals surface area contributed by atoms with Gasteiger partial charge in [0.15, 0.2) is 0 Å². The predicted molar refractivity (Wildman–Crippen MR) is 86.9 cm³/mol. The van der Waals surface area contributed by atoms with Crippen LogP contribution in [0, 0.1) is 6.92 Å². The Bertz CT molecular complexity index is 781. The van der Waals surface area contributed by atoms with Gasteiger partial charge in [0.05, 0.1) is 18.5 Å². The standard InChI is InChI=1S/C14H20N6O3S/c1-11-7-15-14(16-8-11)19-5-3-13(4-6-19)20-17-9-12(18-20)10-23-24(2,21)22/h7-9,13H,3-6,10H2,1-2H3. The molecule has 2 aromatic rings. The summed E-state index contributed by atoms with van der Waals surface area (Å²) in [7, 11) is -3.48. The van der Waals surface area contributed by atoms with Gasteiger partial charge >= 0.3 is 0 Å². The van der Waals surface area contributed by atoms with Crippen LogP contribution in [0.4, 0.5) is 5.95 Å². The van der Waals surface area contributed by atoms with Crippen LogP contribution in [0.5, 0.6) is 0 Å². The summed E-state index contributed by atoms with van der Waals surface area (Å²) in [5.41, 5.74) is 1.54. The van der Waals surface area contributed by atoms with Crippen LogP contribution in [-0.4, -0.2) is 52.7 Å². The fraction of sp³-hybridized carbons (Fsp3) is 0.571. The van der Waals surface area contributed by atoms with E-state index in [0.717, 1.165) is 43.7 Å². The number of aryl methyl sites for hydroxylation is 1. The molecular weight excluding hydrogens is 332 g/mol. The zero-order chi connectivity index (χ0) is 17.2. The van der Waals surface area contributed by atoms with Crippen LogP contribution in [0.3, 0.4) is 0 Å². The van der Waals surface area contributed by atoms with E-state index in [1.165, 1.54) is 0 Å². The van der Waals surface area contributed by atoms with E-state index in [2.05, 4.69) is 25.1 Å². The number of nitrogens with zero attached hydrogens (tertiary/aromatic N) is 6. The molecule has 0 radical (unpaired) electrons. The highest BCUT2D eigenvalue weighted by molar-refractivity contribution is 7.85. The third-order valence-corrected chi connectivity index (χ3v) is 4.36. The summed E-state index contributed by atoms with van der Waals surface area (Å²) in [5.74, 6) is 0.745. The Morgan fingerprint density at radius 3 is 2.50 bits per heavy atom. The van der Waals surface area contributed by atoms with Crippen molar-refractivity contribution in [2.75, 3.05) is 24.2 Å². The second-order valence-corrected chi connectivity index (χ2v) is 7.55. The van der Waals surface area contributed by atoms with Crippen molar-refractivity contribution in [3.05, 3.63) is 29.8 Å². The number of piperidine rings is 1. The van der Waals surface area contributed by atoms with Crippen molar-refractivity contribution in [3.63, 3.8) is 0 Å². The summed E-state index contributed by atoms with van der Waals surface area (Å²) in [6, 6.07) is 0.179. The number of hydrogen-bond donors (Lipinski definition) is 0. The van der Waals surface area contributed by atoms with Gasteiger partial charge < -0.3 is 4.90 Å². The van der Waals surface area contributed by atoms with Gasteiger partial charge in [-0.05, 0) is 25.3 Å². The predicted octanol–water partition coefficient (Wildman–Crippen LogP) is 0.694. The lowest BCUT2D eigenvalue weighted by molar-refractivity contribution is 0.297. The lowest BCUT2D eigenvalue weighted by atomic mass is 10.1. The molecule has 1 fully saturated rings. The Balaban J connectivity index is 1.57. The van der Waals surface area contributed by atoms with E-state index in [0.29, 0.717) is 5.69 Å². The molecule has 0 N–H and O–H groups in total. The molecular formula is C14H20N6O3S. The van der Waals surface area contributed by atoms with Gasteiger partial charge in [-0.25, -0.2) is 9.97 Å². The lowest BCUT2D eigenvalue weighted by Crippen LogP contribution is -2.36. The van der Waals surface area contributed by atoms with Gasteiger partial charge in [0.2, 0.25) is 5.95 Å². The minimum Gasteiger partial charge on any atom is -0.341 e. The first-order chi connectivity index (χ1) is 11.4. The van der Waals surface area contributed by atoms with Gasteiger partial charge in [-0.2, -0.15) is 23.4 Å². The van der Waals surface area contributed by atoms with E-state index in [1.54, 1.807) is 11.0 Å². The van der Waals surface area contributed by atoms with Crippen molar-refractivity contribution < 1.29 is 12.6 Å². The zero-order valence-electron chi connectivity index (χ0n) is 13.7. The molecule has 130 valence electrons. The quantitative estimate of drug-likeness (QED) is 0.724. The topological polar surface area (TPSA) is 103 Å². The summed E-state index contributed by atoms with van der Waals surface area (Å²) >= 11 is 0. The fourth-order valence-electron chi connectivity index (χ4n) is 2.56. The summed E-state index contributed by atoms with van der Waals surface area (Å²) < 4.78 is 26.8. The molecule has 3 rings (SSSR count). The van der Waals surface area contributed by atoms with E-state index >= 15 is 0 Å². The molecule has 0 saturated carbocycles. The highest BCUT2D eigenvalue weighted by Gasteiger charge is 2.23. The molecule has 0 spiro atoms.